The average Bonchev–Trinajstić information content (AvgIpc) is 2.47. The molecule has 0 aromatic heterocycles. The van der Waals surface area contributed by atoms with Crippen LogP contribution in [-0.2, 0) is 6.61 Å². The van der Waals surface area contributed by atoms with E-state index in [2.05, 4.69) is 0 Å². The lowest BCUT2D eigenvalue weighted by molar-refractivity contribution is 0.199. The minimum absolute atomic E-state index is 0.0510. The number of halogens is 1. The Balaban J connectivity index is 2.07. The summed E-state index contributed by atoms with van der Waals surface area (Å²) >= 11 is 0. The second-order valence-electron chi connectivity index (χ2n) is 4.45. The Bertz CT molecular complexity index is 630. The highest BCUT2D eigenvalue weighted by atomic mass is 19.1. The zero-order valence-electron chi connectivity index (χ0n) is 11.0. The number of hydrogen-bond donors (Lipinski definition) is 1. The molecule has 3 nitrogen and oxygen atoms in total. The third-order valence-corrected chi connectivity index (χ3v) is 2.93. The van der Waals surface area contributed by atoms with Crippen LogP contribution in [0, 0.1) is 17.1 Å². The van der Waals surface area contributed by atoms with Gasteiger partial charge in [-0.2, -0.15) is 5.26 Å². The van der Waals surface area contributed by atoms with Gasteiger partial charge in [0, 0.05) is 5.56 Å². The first-order chi connectivity index (χ1) is 9.60. The predicted molar refractivity (Wildman–Crippen MR) is 72.5 cm³/mol. The van der Waals surface area contributed by atoms with Crippen LogP contribution in [0.2, 0.25) is 0 Å². The van der Waals surface area contributed by atoms with E-state index in [1.54, 1.807) is 31.2 Å². The molecule has 0 radical (unpaired) electrons. The fourth-order valence-electron chi connectivity index (χ4n) is 1.76. The summed E-state index contributed by atoms with van der Waals surface area (Å²) in [6.07, 6.45) is -0.534. The summed E-state index contributed by atoms with van der Waals surface area (Å²) in [7, 11) is 0. The molecule has 0 bridgehead atoms. The van der Waals surface area contributed by atoms with Gasteiger partial charge < -0.3 is 9.84 Å². The van der Waals surface area contributed by atoms with E-state index in [1.165, 1.54) is 18.2 Å². The topological polar surface area (TPSA) is 53.2 Å². The number of rotatable bonds is 4. The Hall–Kier alpha value is -2.38. The Morgan fingerprint density at radius 2 is 1.95 bits per heavy atom. The molecule has 0 saturated heterocycles. The summed E-state index contributed by atoms with van der Waals surface area (Å²) in [5.41, 5.74) is 1.52. The van der Waals surface area contributed by atoms with Crippen LogP contribution in [0.15, 0.2) is 42.5 Å². The molecular formula is C16H14FNO2. The lowest BCUT2D eigenvalue weighted by atomic mass is 10.1. The number of nitrogens with zero attached hydrogens (tertiary/aromatic N) is 1. The van der Waals surface area contributed by atoms with Gasteiger partial charge in [0.2, 0.25) is 0 Å². The van der Waals surface area contributed by atoms with Gasteiger partial charge in [0.15, 0.2) is 0 Å². The van der Waals surface area contributed by atoms with E-state index >= 15 is 0 Å². The lowest BCUT2D eigenvalue weighted by Gasteiger charge is -2.09. The number of aliphatic hydroxyl groups excluding tert-OH is 1. The highest BCUT2D eigenvalue weighted by Crippen LogP contribution is 2.19. The van der Waals surface area contributed by atoms with Crippen molar-refractivity contribution in [2.24, 2.45) is 0 Å². The van der Waals surface area contributed by atoms with E-state index in [0.717, 1.165) is 5.56 Å². The SMILES string of the molecule is CC(O)c1ccc(OCc2cc(C#N)ccc2F)cc1. The van der Waals surface area contributed by atoms with Gasteiger partial charge in [-0.15, -0.1) is 0 Å². The second kappa shape index (κ2) is 6.18. The van der Waals surface area contributed by atoms with Crippen molar-refractivity contribution in [2.45, 2.75) is 19.6 Å². The third kappa shape index (κ3) is 3.34. The normalized spacial score (nSPS) is 11.7. The Morgan fingerprint density at radius 1 is 1.25 bits per heavy atom. The van der Waals surface area contributed by atoms with Crippen molar-refractivity contribution in [1.82, 2.24) is 0 Å². The van der Waals surface area contributed by atoms with Crippen molar-refractivity contribution in [3.8, 4) is 11.8 Å². The maximum Gasteiger partial charge on any atom is 0.129 e. The zero-order valence-corrected chi connectivity index (χ0v) is 11.0. The summed E-state index contributed by atoms with van der Waals surface area (Å²) in [5, 5.41) is 18.2. The molecule has 4 heteroatoms. The number of nitriles is 1. The molecule has 0 amide bonds. The van der Waals surface area contributed by atoms with E-state index < -0.39 is 11.9 Å². The molecule has 0 aliphatic carbocycles. The molecule has 20 heavy (non-hydrogen) atoms. The van der Waals surface area contributed by atoms with E-state index in [9.17, 15) is 9.50 Å². The molecule has 0 saturated carbocycles. The Kier molecular flexibility index (Phi) is 4.34. The highest BCUT2D eigenvalue weighted by Gasteiger charge is 2.05. The van der Waals surface area contributed by atoms with Crippen molar-refractivity contribution >= 4 is 0 Å². The van der Waals surface area contributed by atoms with Gasteiger partial charge in [0.25, 0.3) is 0 Å². The maximum absolute atomic E-state index is 13.6. The minimum atomic E-state index is -0.534. The Morgan fingerprint density at radius 3 is 2.55 bits per heavy atom. The molecule has 102 valence electrons. The van der Waals surface area contributed by atoms with Crippen molar-refractivity contribution in [3.63, 3.8) is 0 Å². The fourth-order valence-corrected chi connectivity index (χ4v) is 1.76. The van der Waals surface area contributed by atoms with Crippen LogP contribution < -0.4 is 4.74 Å². The smallest absolute Gasteiger partial charge is 0.129 e. The van der Waals surface area contributed by atoms with Gasteiger partial charge in [-0.05, 0) is 42.8 Å². The molecule has 0 aliphatic heterocycles. The van der Waals surface area contributed by atoms with Gasteiger partial charge in [-0.3, -0.25) is 0 Å². The highest BCUT2D eigenvalue weighted by molar-refractivity contribution is 5.34. The average molecular weight is 271 g/mol. The maximum atomic E-state index is 13.6. The summed E-state index contributed by atoms with van der Waals surface area (Å²) in [5.74, 6) is 0.181. The van der Waals surface area contributed by atoms with E-state index in [0.29, 0.717) is 16.9 Å². The summed E-state index contributed by atoms with van der Waals surface area (Å²) in [6, 6.07) is 13.1. The fraction of sp³-hybridized carbons (Fsp3) is 0.188. The molecule has 2 aromatic carbocycles. The molecule has 2 aromatic rings. The summed E-state index contributed by atoms with van der Waals surface area (Å²) in [6.45, 7) is 1.73. The largest absolute Gasteiger partial charge is 0.489 e. The third-order valence-electron chi connectivity index (χ3n) is 2.93. The first-order valence-electron chi connectivity index (χ1n) is 6.19. The van der Waals surface area contributed by atoms with Crippen LogP contribution in [0.4, 0.5) is 4.39 Å². The molecule has 0 spiro atoms. The first-order valence-corrected chi connectivity index (χ1v) is 6.19. The van der Waals surface area contributed by atoms with E-state index in [1.807, 2.05) is 6.07 Å². The van der Waals surface area contributed by atoms with Gasteiger partial charge in [0.1, 0.15) is 18.2 Å². The summed E-state index contributed by atoms with van der Waals surface area (Å²) in [4.78, 5) is 0. The van der Waals surface area contributed by atoms with E-state index in [-0.39, 0.29) is 6.61 Å². The molecule has 1 atom stereocenters. The van der Waals surface area contributed by atoms with Crippen LogP contribution in [-0.4, -0.2) is 5.11 Å². The quantitative estimate of drug-likeness (QED) is 0.928. The lowest BCUT2D eigenvalue weighted by Crippen LogP contribution is -1.99. The molecule has 0 fully saturated rings. The number of ether oxygens (including phenoxy) is 1. The standard InChI is InChI=1S/C16H14FNO2/c1-11(19)13-3-5-15(6-4-13)20-10-14-8-12(9-18)2-7-16(14)17/h2-8,11,19H,10H2,1H3. The van der Waals surface area contributed by atoms with Crippen molar-refractivity contribution < 1.29 is 14.2 Å². The van der Waals surface area contributed by atoms with Crippen molar-refractivity contribution in [3.05, 3.63) is 65.0 Å². The van der Waals surface area contributed by atoms with Gasteiger partial charge >= 0.3 is 0 Å². The molecule has 1 unspecified atom stereocenters. The predicted octanol–water partition coefficient (Wildman–Crippen LogP) is 3.33. The molecule has 2 rings (SSSR count). The van der Waals surface area contributed by atoms with Crippen LogP contribution in [0.5, 0.6) is 5.75 Å². The minimum Gasteiger partial charge on any atom is -0.489 e. The molecule has 0 aliphatic rings. The van der Waals surface area contributed by atoms with E-state index in [4.69, 9.17) is 10.00 Å². The monoisotopic (exact) mass is 271 g/mol. The second-order valence-corrected chi connectivity index (χ2v) is 4.45. The summed E-state index contributed by atoms with van der Waals surface area (Å²) < 4.78 is 19.0. The first kappa shape index (κ1) is 14.0. The van der Waals surface area contributed by atoms with Crippen LogP contribution in [0.1, 0.15) is 29.7 Å². The van der Waals surface area contributed by atoms with Gasteiger partial charge in [0.05, 0.1) is 17.7 Å². The van der Waals surface area contributed by atoms with Crippen LogP contribution >= 0.6 is 0 Å². The zero-order chi connectivity index (χ0) is 14.5. The van der Waals surface area contributed by atoms with Crippen molar-refractivity contribution in [2.75, 3.05) is 0 Å². The van der Waals surface area contributed by atoms with Crippen molar-refractivity contribution in [1.29, 1.82) is 5.26 Å². The molecular weight excluding hydrogens is 257 g/mol. The number of aliphatic hydroxyl groups is 1. The van der Waals surface area contributed by atoms with Gasteiger partial charge in [-0.1, -0.05) is 12.1 Å². The van der Waals surface area contributed by atoms with Gasteiger partial charge in [-0.25, -0.2) is 4.39 Å². The molecule has 0 heterocycles. The van der Waals surface area contributed by atoms with Crippen LogP contribution in [0.25, 0.3) is 0 Å². The Labute approximate surface area is 116 Å². The number of hydrogen-bond acceptors (Lipinski definition) is 3. The van der Waals surface area contributed by atoms with Crippen LogP contribution in [0.3, 0.4) is 0 Å². The number of benzene rings is 2. The molecule has 1 N–H and O–H groups in total.